The van der Waals surface area contributed by atoms with E-state index < -0.39 is 12.2 Å². The predicted molar refractivity (Wildman–Crippen MR) is 92.3 cm³/mol. The molecular weight excluding hydrogens is 328 g/mol. The fourth-order valence-electron chi connectivity index (χ4n) is 3.05. The fraction of sp³-hybridized carbons (Fsp3) is 0.368. The fourth-order valence-corrected chi connectivity index (χ4v) is 3.23. The molecule has 3 N–H and O–H groups in total. The number of hydrogen-bond donors (Lipinski definition) is 3. The predicted octanol–water partition coefficient (Wildman–Crippen LogP) is 3.21. The molecule has 128 valence electrons. The Labute approximate surface area is 146 Å². The number of aliphatic hydroxyl groups excluding tert-OH is 2. The Morgan fingerprint density at radius 1 is 1.08 bits per heavy atom. The monoisotopic (exact) mass is 348 g/mol. The smallest absolute Gasteiger partial charge is 0.115 e. The van der Waals surface area contributed by atoms with Crippen molar-refractivity contribution < 1.29 is 20.1 Å². The Morgan fingerprint density at radius 3 is 2.54 bits per heavy atom. The van der Waals surface area contributed by atoms with Crippen molar-refractivity contribution in [1.29, 1.82) is 0 Å². The zero-order valence-corrected chi connectivity index (χ0v) is 14.0. The van der Waals surface area contributed by atoms with Crippen LogP contribution in [0.15, 0.2) is 42.5 Å². The number of benzene rings is 2. The minimum atomic E-state index is -0.588. The third-order valence-electron chi connectivity index (χ3n) is 4.41. The summed E-state index contributed by atoms with van der Waals surface area (Å²) in [6.07, 6.45) is 0.601. The summed E-state index contributed by atoms with van der Waals surface area (Å²) < 4.78 is 5.82. The molecule has 0 bridgehead atoms. The summed E-state index contributed by atoms with van der Waals surface area (Å²) in [7, 11) is 0. The van der Waals surface area contributed by atoms with Crippen LogP contribution in [0.5, 0.6) is 5.75 Å². The minimum Gasteiger partial charge on any atom is -0.508 e. The van der Waals surface area contributed by atoms with Crippen LogP contribution in [0.4, 0.5) is 0 Å². The SMILES string of the molecule is OCC1CCC(O)C(c2ccc(Cl)c(Cc3ccc(O)cc3)c2)O1. The zero-order chi connectivity index (χ0) is 17.1. The van der Waals surface area contributed by atoms with E-state index in [4.69, 9.17) is 16.3 Å². The van der Waals surface area contributed by atoms with E-state index in [9.17, 15) is 15.3 Å². The maximum absolute atomic E-state index is 10.2. The molecule has 0 saturated carbocycles. The van der Waals surface area contributed by atoms with Crippen LogP contribution in [0.2, 0.25) is 5.02 Å². The number of aromatic hydroxyl groups is 1. The lowest BCUT2D eigenvalue weighted by Crippen LogP contribution is -2.34. The Balaban J connectivity index is 1.84. The lowest BCUT2D eigenvalue weighted by atomic mass is 9.93. The number of phenols is 1. The molecule has 0 aromatic heterocycles. The minimum absolute atomic E-state index is 0.0445. The van der Waals surface area contributed by atoms with E-state index in [2.05, 4.69) is 0 Å². The quantitative estimate of drug-likeness (QED) is 0.793. The standard InChI is InChI=1S/C19H21ClO4/c20-17-7-3-13(19-18(23)8-6-16(11-21)24-19)10-14(17)9-12-1-4-15(22)5-2-12/h1-5,7,10,16,18-19,21-23H,6,8-9,11H2. The Kier molecular flexibility index (Phi) is 5.41. The van der Waals surface area contributed by atoms with Crippen LogP contribution in [0.3, 0.4) is 0 Å². The molecule has 5 heteroatoms. The van der Waals surface area contributed by atoms with Crippen LogP contribution in [-0.2, 0) is 11.2 Å². The van der Waals surface area contributed by atoms with Crippen molar-refractivity contribution in [2.45, 2.75) is 37.6 Å². The van der Waals surface area contributed by atoms with Gasteiger partial charge in [0.05, 0.1) is 18.8 Å². The van der Waals surface area contributed by atoms with E-state index >= 15 is 0 Å². The molecule has 2 aromatic rings. The first-order valence-corrected chi connectivity index (χ1v) is 8.45. The molecular formula is C19H21ClO4. The first kappa shape index (κ1) is 17.2. The number of phenolic OH excluding ortho intramolecular Hbond substituents is 1. The molecule has 3 atom stereocenters. The molecule has 1 fully saturated rings. The second-order valence-electron chi connectivity index (χ2n) is 6.20. The second-order valence-corrected chi connectivity index (χ2v) is 6.61. The van der Waals surface area contributed by atoms with Gasteiger partial charge in [-0.15, -0.1) is 0 Å². The van der Waals surface area contributed by atoms with Crippen molar-refractivity contribution in [3.05, 3.63) is 64.2 Å². The van der Waals surface area contributed by atoms with Crippen LogP contribution in [0, 0.1) is 0 Å². The number of ether oxygens (including phenoxy) is 1. The van der Waals surface area contributed by atoms with Crippen molar-refractivity contribution in [2.24, 2.45) is 0 Å². The highest BCUT2D eigenvalue weighted by Crippen LogP contribution is 2.33. The molecule has 1 saturated heterocycles. The molecule has 3 rings (SSSR count). The molecule has 0 aliphatic carbocycles. The van der Waals surface area contributed by atoms with E-state index in [0.717, 1.165) is 16.7 Å². The van der Waals surface area contributed by atoms with E-state index in [1.54, 1.807) is 12.1 Å². The van der Waals surface area contributed by atoms with Gasteiger partial charge in [0, 0.05) is 5.02 Å². The van der Waals surface area contributed by atoms with Gasteiger partial charge in [-0.1, -0.05) is 35.9 Å². The lowest BCUT2D eigenvalue weighted by Gasteiger charge is -2.33. The molecule has 2 aromatic carbocycles. The van der Waals surface area contributed by atoms with Gasteiger partial charge in [-0.3, -0.25) is 0 Å². The van der Waals surface area contributed by atoms with Gasteiger partial charge >= 0.3 is 0 Å². The summed E-state index contributed by atoms with van der Waals surface area (Å²) in [4.78, 5) is 0. The summed E-state index contributed by atoms with van der Waals surface area (Å²) in [5.41, 5.74) is 2.82. The average Bonchev–Trinajstić information content (AvgIpc) is 2.59. The molecule has 0 amide bonds. The lowest BCUT2D eigenvalue weighted by molar-refractivity contribution is -0.132. The number of rotatable bonds is 4. The summed E-state index contributed by atoms with van der Waals surface area (Å²) in [6.45, 7) is -0.0445. The molecule has 1 aliphatic rings. The maximum Gasteiger partial charge on any atom is 0.115 e. The average molecular weight is 349 g/mol. The van der Waals surface area contributed by atoms with Crippen molar-refractivity contribution >= 4 is 11.6 Å². The Bertz CT molecular complexity index is 686. The molecule has 4 nitrogen and oxygen atoms in total. The largest absolute Gasteiger partial charge is 0.508 e. The van der Waals surface area contributed by atoms with Crippen molar-refractivity contribution in [2.75, 3.05) is 6.61 Å². The van der Waals surface area contributed by atoms with Crippen molar-refractivity contribution in [1.82, 2.24) is 0 Å². The van der Waals surface area contributed by atoms with E-state index in [1.807, 2.05) is 30.3 Å². The van der Waals surface area contributed by atoms with Gasteiger partial charge in [-0.25, -0.2) is 0 Å². The summed E-state index contributed by atoms with van der Waals surface area (Å²) >= 11 is 6.32. The van der Waals surface area contributed by atoms with Crippen LogP contribution in [-0.4, -0.2) is 34.1 Å². The highest BCUT2D eigenvalue weighted by Gasteiger charge is 2.31. The number of halogens is 1. The summed E-state index contributed by atoms with van der Waals surface area (Å²) in [5.74, 6) is 0.229. The van der Waals surface area contributed by atoms with Crippen LogP contribution >= 0.6 is 11.6 Å². The highest BCUT2D eigenvalue weighted by atomic mass is 35.5. The van der Waals surface area contributed by atoms with Crippen LogP contribution < -0.4 is 0 Å². The van der Waals surface area contributed by atoms with Crippen molar-refractivity contribution in [3.8, 4) is 5.75 Å². The summed E-state index contributed by atoms with van der Waals surface area (Å²) in [6, 6.07) is 12.6. The maximum atomic E-state index is 10.2. The topological polar surface area (TPSA) is 69.9 Å². The third-order valence-corrected chi connectivity index (χ3v) is 4.77. The summed E-state index contributed by atoms with van der Waals surface area (Å²) in [5, 5.41) is 29.6. The van der Waals surface area contributed by atoms with Gasteiger partial charge in [-0.05, 0) is 54.2 Å². The second kappa shape index (κ2) is 7.53. The highest BCUT2D eigenvalue weighted by molar-refractivity contribution is 6.31. The van der Waals surface area contributed by atoms with Crippen LogP contribution in [0.1, 0.15) is 35.6 Å². The van der Waals surface area contributed by atoms with E-state index in [-0.39, 0.29) is 18.5 Å². The normalized spacial score (nSPS) is 24.0. The number of aliphatic hydroxyl groups is 2. The molecule has 24 heavy (non-hydrogen) atoms. The molecule has 1 heterocycles. The van der Waals surface area contributed by atoms with Gasteiger partial charge in [-0.2, -0.15) is 0 Å². The Morgan fingerprint density at radius 2 is 1.83 bits per heavy atom. The zero-order valence-electron chi connectivity index (χ0n) is 13.2. The van der Waals surface area contributed by atoms with Gasteiger partial charge in [0.1, 0.15) is 11.9 Å². The molecule has 0 spiro atoms. The number of hydrogen-bond acceptors (Lipinski definition) is 4. The van der Waals surface area contributed by atoms with E-state index in [0.29, 0.717) is 24.3 Å². The molecule has 3 unspecified atom stereocenters. The van der Waals surface area contributed by atoms with E-state index in [1.165, 1.54) is 0 Å². The first-order chi connectivity index (χ1) is 11.6. The molecule has 1 aliphatic heterocycles. The van der Waals surface area contributed by atoms with Crippen molar-refractivity contribution in [3.63, 3.8) is 0 Å². The Hall–Kier alpha value is -1.59. The van der Waals surface area contributed by atoms with Gasteiger partial charge in [0.15, 0.2) is 0 Å². The first-order valence-electron chi connectivity index (χ1n) is 8.07. The van der Waals surface area contributed by atoms with Crippen LogP contribution in [0.25, 0.3) is 0 Å². The van der Waals surface area contributed by atoms with Gasteiger partial charge in [0.25, 0.3) is 0 Å². The van der Waals surface area contributed by atoms with Gasteiger partial charge < -0.3 is 20.1 Å². The van der Waals surface area contributed by atoms with Gasteiger partial charge in [0.2, 0.25) is 0 Å². The third kappa shape index (κ3) is 3.90. The molecule has 0 radical (unpaired) electrons.